The molecule has 3 aromatic heterocycles. The van der Waals surface area contributed by atoms with Gasteiger partial charge in [0, 0.05) is 35.6 Å². The van der Waals surface area contributed by atoms with E-state index < -0.39 is 19.0 Å². The van der Waals surface area contributed by atoms with Crippen LogP contribution in [0.3, 0.4) is 0 Å². The fourth-order valence-electron chi connectivity index (χ4n) is 3.07. The highest BCUT2D eigenvalue weighted by molar-refractivity contribution is 5.86. The minimum absolute atomic E-state index is 0.0220. The number of fused-ring (bicyclic) bond motifs is 1. The van der Waals surface area contributed by atoms with Gasteiger partial charge >= 0.3 is 12.3 Å². The molecule has 32 heavy (non-hydrogen) atoms. The van der Waals surface area contributed by atoms with Gasteiger partial charge in [-0.2, -0.15) is 13.9 Å². The average molecular weight is 453 g/mol. The molecule has 0 aliphatic rings. The number of amides is 1. The number of nitrogens with one attached hydrogen (secondary N) is 1. The number of aryl methyl sites for hydroxylation is 1. The summed E-state index contributed by atoms with van der Waals surface area (Å²) < 4.78 is 57.1. The second-order valence-corrected chi connectivity index (χ2v) is 7.73. The molecular weight excluding hydrogens is 430 g/mol. The Balaban J connectivity index is 1.73. The van der Waals surface area contributed by atoms with Crippen LogP contribution in [0.4, 0.5) is 17.6 Å². The number of aromatic nitrogens is 4. The number of carbonyl (C=O) groups excluding carboxylic acids is 1. The van der Waals surface area contributed by atoms with Gasteiger partial charge in [0.25, 0.3) is 0 Å². The molecule has 3 rings (SSSR count). The Bertz CT molecular complexity index is 1100. The van der Waals surface area contributed by atoms with Crippen LogP contribution in [-0.4, -0.2) is 50.7 Å². The standard InChI is InChI=1S/C21H23F4N5O2/c1-12(2)28-18(31)7-17-15-10-30(29-16(15)4-5-26-17)9-14-6-13(3)19(27-8-14)32-11-21(24,25)20(22)23/h4-6,8,10,12,20H,7,9,11H2,1-3H3,(H,28,31). The molecule has 3 aromatic rings. The highest BCUT2D eigenvalue weighted by Crippen LogP contribution is 2.25. The van der Waals surface area contributed by atoms with Crippen molar-refractivity contribution in [2.45, 2.75) is 52.1 Å². The third kappa shape index (κ3) is 5.71. The van der Waals surface area contributed by atoms with Gasteiger partial charge in [0.2, 0.25) is 11.8 Å². The van der Waals surface area contributed by atoms with Gasteiger partial charge in [-0.3, -0.25) is 14.5 Å². The average Bonchev–Trinajstić information content (AvgIpc) is 3.10. The molecular formula is C21H23F4N5O2. The molecule has 0 fully saturated rings. The molecule has 11 heteroatoms. The van der Waals surface area contributed by atoms with E-state index in [9.17, 15) is 22.4 Å². The molecule has 3 heterocycles. The van der Waals surface area contributed by atoms with Crippen LogP contribution in [0.15, 0.2) is 30.7 Å². The van der Waals surface area contributed by atoms with Crippen molar-refractivity contribution in [2.24, 2.45) is 0 Å². The molecule has 0 atom stereocenters. The quantitative estimate of drug-likeness (QED) is 0.502. The van der Waals surface area contributed by atoms with E-state index in [1.807, 2.05) is 13.8 Å². The Morgan fingerprint density at radius 3 is 2.69 bits per heavy atom. The molecule has 0 aliphatic carbocycles. The van der Waals surface area contributed by atoms with Crippen molar-refractivity contribution in [1.29, 1.82) is 0 Å². The fourth-order valence-corrected chi connectivity index (χ4v) is 3.07. The smallest absolute Gasteiger partial charge is 0.340 e. The second kappa shape index (κ2) is 9.49. The Hall–Kier alpha value is -3.24. The third-order valence-electron chi connectivity index (χ3n) is 4.49. The first-order valence-electron chi connectivity index (χ1n) is 9.90. The van der Waals surface area contributed by atoms with Gasteiger partial charge in [0.15, 0.2) is 6.61 Å². The molecule has 1 N–H and O–H groups in total. The van der Waals surface area contributed by atoms with Crippen LogP contribution < -0.4 is 10.1 Å². The van der Waals surface area contributed by atoms with Gasteiger partial charge < -0.3 is 10.1 Å². The lowest BCUT2D eigenvalue weighted by molar-refractivity contribution is -0.148. The zero-order valence-corrected chi connectivity index (χ0v) is 17.8. The van der Waals surface area contributed by atoms with Gasteiger partial charge in [-0.1, -0.05) is 0 Å². The van der Waals surface area contributed by atoms with Crippen LogP contribution in [-0.2, 0) is 17.8 Å². The van der Waals surface area contributed by atoms with E-state index in [0.717, 1.165) is 5.39 Å². The molecule has 0 bridgehead atoms. The first kappa shape index (κ1) is 23.4. The normalized spacial score (nSPS) is 12.0. The van der Waals surface area contributed by atoms with E-state index in [-0.39, 0.29) is 24.2 Å². The molecule has 1 amide bonds. The Morgan fingerprint density at radius 2 is 2.03 bits per heavy atom. The largest absolute Gasteiger partial charge is 0.471 e. The number of halogens is 4. The molecule has 0 unspecified atom stereocenters. The lowest BCUT2D eigenvalue weighted by Crippen LogP contribution is -2.34. The van der Waals surface area contributed by atoms with Gasteiger partial charge in [-0.25, -0.2) is 13.8 Å². The van der Waals surface area contributed by atoms with Crippen LogP contribution in [0.2, 0.25) is 0 Å². The van der Waals surface area contributed by atoms with Crippen molar-refractivity contribution in [2.75, 3.05) is 6.61 Å². The van der Waals surface area contributed by atoms with Gasteiger partial charge in [0.1, 0.15) is 0 Å². The Labute approximate surface area is 181 Å². The lowest BCUT2D eigenvalue weighted by Gasteiger charge is -2.16. The van der Waals surface area contributed by atoms with E-state index in [1.54, 1.807) is 36.1 Å². The summed E-state index contributed by atoms with van der Waals surface area (Å²) in [5.41, 5.74) is 2.41. The predicted octanol–water partition coefficient (Wildman–Crippen LogP) is 3.53. The summed E-state index contributed by atoms with van der Waals surface area (Å²) >= 11 is 0. The van der Waals surface area contributed by atoms with Crippen molar-refractivity contribution < 1.29 is 27.1 Å². The van der Waals surface area contributed by atoms with Crippen molar-refractivity contribution in [1.82, 2.24) is 25.1 Å². The summed E-state index contributed by atoms with van der Waals surface area (Å²) in [5, 5.41) is 8.05. The van der Waals surface area contributed by atoms with Crippen LogP contribution >= 0.6 is 0 Å². The van der Waals surface area contributed by atoms with Crippen molar-refractivity contribution >= 4 is 16.8 Å². The Morgan fingerprint density at radius 1 is 1.28 bits per heavy atom. The summed E-state index contributed by atoms with van der Waals surface area (Å²) in [7, 11) is 0. The summed E-state index contributed by atoms with van der Waals surface area (Å²) in [6.45, 7) is 4.19. The number of nitrogens with zero attached hydrogens (tertiary/aromatic N) is 4. The minimum atomic E-state index is -4.25. The molecule has 0 saturated carbocycles. The first-order chi connectivity index (χ1) is 15.0. The number of rotatable bonds is 9. The number of carbonyl (C=O) groups is 1. The fraction of sp³-hybridized carbons (Fsp3) is 0.429. The molecule has 0 radical (unpaired) electrons. The van der Waals surface area contributed by atoms with E-state index >= 15 is 0 Å². The van der Waals surface area contributed by atoms with Crippen molar-refractivity contribution in [3.8, 4) is 5.88 Å². The van der Waals surface area contributed by atoms with E-state index in [4.69, 9.17) is 4.74 Å². The molecule has 0 aromatic carbocycles. The summed E-state index contributed by atoms with van der Waals surface area (Å²) in [6, 6.07) is 3.41. The molecule has 7 nitrogen and oxygen atoms in total. The molecule has 0 spiro atoms. The van der Waals surface area contributed by atoms with Crippen LogP contribution in [0.5, 0.6) is 5.88 Å². The highest BCUT2D eigenvalue weighted by atomic mass is 19.3. The maximum atomic E-state index is 13.1. The van der Waals surface area contributed by atoms with E-state index in [1.165, 1.54) is 6.20 Å². The maximum absolute atomic E-state index is 13.1. The second-order valence-electron chi connectivity index (χ2n) is 7.73. The summed E-state index contributed by atoms with van der Waals surface area (Å²) in [6.07, 6.45) is 1.07. The van der Waals surface area contributed by atoms with Crippen molar-refractivity contribution in [3.05, 3.63) is 47.5 Å². The van der Waals surface area contributed by atoms with Crippen LogP contribution in [0, 0.1) is 6.92 Å². The lowest BCUT2D eigenvalue weighted by atomic mass is 10.2. The van der Waals surface area contributed by atoms with Crippen LogP contribution in [0.25, 0.3) is 10.9 Å². The van der Waals surface area contributed by atoms with Gasteiger partial charge in [-0.15, -0.1) is 0 Å². The SMILES string of the molecule is Cc1cc(Cn2cc3c(CC(=O)NC(C)C)nccc3n2)cnc1OCC(F)(F)C(F)F. The Kier molecular flexibility index (Phi) is 6.95. The van der Waals surface area contributed by atoms with E-state index in [0.29, 0.717) is 28.9 Å². The minimum Gasteiger partial charge on any atom is -0.471 e. The zero-order valence-electron chi connectivity index (χ0n) is 17.8. The first-order valence-corrected chi connectivity index (χ1v) is 9.90. The maximum Gasteiger partial charge on any atom is 0.340 e. The third-order valence-corrected chi connectivity index (χ3v) is 4.49. The summed E-state index contributed by atoms with van der Waals surface area (Å²) in [4.78, 5) is 20.4. The number of hydrogen-bond donors (Lipinski definition) is 1. The van der Waals surface area contributed by atoms with Gasteiger partial charge in [-0.05, 0) is 38.5 Å². The topological polar surface area (TPSA) is 81.9 Å². The monoisotopic (exact) mass is 453 g/mol. The number of hydrogen-bond acceptors (Lipinski definition) is 5. The predicted molar refractivity (Wildman–Crippen MR) is 109 cm³/mol. The number of alkyl halides is 4. The van der Waals surface area contributed by atoms with E-state index in [2.05, 4.69) is 20.4 Å². The zero-order chi connectivity index (χ0) is 23.5. The van der Waals surface area contributed by atoms with Crippen LogP contribution in [0.1, 0.15) is 30.7 Å². The molecule has 172 valence electrons. The molecule has 0 aliphatic heterocycles. The number of ether oxygens (including phenoxy) is 1. The van der Waals surface area contributed by atoms with Gasteiger partial charge in [0.05, 0.1) is 24.2 Å². The highest BCUT2D eigenvalue weighted by Gasteiger charge is 2.42. The molecule has 0 saturated heterocycles. The van der Waals surface area contributed by atoms with Crippen molar-refractivity contribution in [3.63, 3.8) is 0 Å². The summed E-state index contributed by atoms with van der Waals surface area (Å²) in [5.74, 6) is -4.53. The number of pyridine rings is 2.